The second-order valence-electron chi connectivity index (χ2n) is 7.96. The zero-order valence-electron chi connectivity index (χ0n) is 15.2. The highest BCUT2D eigenvalue weighted by Crippen LogP contribution is 2.45. The van der Waals surface area contributed by atoms with Gasteiger partial charge in [-0.25, -0.2) is 4.39 Å². The second kappa shape index (κ2) is 8.42. The van der Waals surface area contributed by atoms with Crippen LogP contribution in [0.1, 0.15) is 94.1 Å². The lowest BCUT2D eigenvalue weighted by atomic mass is 9.74. The van der Waals surface area contributed by atoms with Gasteiger partial charge in [0.05, 0.1) is 0 Å². The molecule has 0 heterocycles. The number of hydrogen-bond donors (Lipinski definition) is 0. The Balaban J connectivity index is 1.54. The highest BCUT2D eigenvalue weighted by molar-refractivity contribution is 5.35. The van der Waals surface area contributed by atoms with Crippen molar-refractivity contribution in [2.75, 3.05) is 0 Å². The van der Waals surface area contributed by atoms with Gasteiger partial charge in [-0.2, -0.15) is 8.78 Å². The molecule has 0 radical (unpaired) electrons. The number of halogens is 3. The van der Waals surface area contributed by atoms with Crippen LogP contribution in [-0.2, 0) is 0 Å². The summed E-state index contributed by atoms with van der Waals surface area (Å²) in [5.41, 5.74) is 1.90. The first-order chi connectivity index (χ1) is 12.1. The minimum Gasteiger partial charge on any atom is -0.207 e. The minimum absolute atomic E-state index is 0.0696. The van der Waals surface area contributed by atoms with E-state index in [1.165, 1.54) is 38.5 Å². The number of unbranched alkanes of at least 4 members (excludes halogenated alkanes) is 2. The number of benzene rings is 1. The summed E-state index contributed by atoms with van der Waals surface area (Å²) < 4.78 is 39.5. The molecule has 3 rings (SSSR count). The van der Waals surface area contributed by atoms with Gasteiger partial charge in [0.1, 0.15) is 5.82 Å². The quantitative estimate of drug-likeness (QED) is 0.461. The van der Waals surface area contributed by atoms with Gasteiger partial charge < -0.3 is 0 Å². The van der Waals surface area contributed by atoms with E-state index in [1.807, 2.05) is 12.1 Å². The molecule has 0 amide bonds. The van der Waals surface area contributed by atoms with E-state index in [-0.39, 0.29) is 17.3 Å². The molecule has 2 aliphatic carbocycles. The molecule has 1 aromatic carbocycles. The van der Waals surface area contributed by atoms with Crippen molar-refractivity contribution in [3.05, 3.63) is 46.8 Å². The van der Waals surface area contributed by atoms with Gasteiger partial charge in [0.25, 0.3) is 6.08 Å². The van der Waals surface area contributed by atoms with E-state index < -0.39 is 6.08 Å². The van der Waals surface area contributed by atoms with Crippen molar-refractivity contribution < 1.29 is 13.2 Å². The SMILES string of the molecule is CCCCC[C@H]1CC[C@H](c2ccc(C3CC(=C(F)F)C3)c(F)c2)CC1. The fourth-order valence-electron chi connectivity index (χ4n) is 4.51. The summed E-state index contributed by atoms with van der Waals surface area (Å²) >= 11 is 0. The van der Waals surface area contributed by atoms with Crippen molar-refractivity contribution in [1.29, 1.82) is 0 Å². The van der Waals surface area contributed by atoms with Crippen LogP contribution >= 0.6 is 0 Å². The molecule has 0 bridgehead atoms. The molecule has 0 spiro atoms. The average Bonchev–Trinajstić information content (AvgIpc) is 2.55. The molecule has 0 aromatic heterocycles. The molecule has 0 nitrogen and oxygen atoms in total. The summed E-state index contributed by atoms with van der Waals surface area (Å²) in [6, 6.07) is 5.55. The van der Waals surface area contributed by atoms with Crippen LogP contribution in [0.4, 0.5) is 13.2 Å². The van der Waals surface area contributed by atoms with E-state index in [4.69, 9.17) is 0 Å². The van der Waals surface area contributed by atoms with Crippen molar-refractivity contribution in [2.45, 2.75) is 83.0 Å². The van der Waals surface area contributed by atoms with E-state index in [1.54, 1.807) is 6.07 Å². The number of rotatable bonds is 6. The number of hydrogen-bond acceptors (Lipinski definition) is 0. The van der Waals surface area contributed by atoms with Gasteiger partial charge in [0.2, 0.25) is 0 Å². The Kier molecular flexibility index (Phi) is 6.24. The first-order valence-corrected chi connectivity index (χ1v) is 9.90. The van der Waals surface area contributed by atoms with Crippen molar-refractivity contribution in [2.24, 2.45) is 5.92 Å². The van der Waals surface area contributed by atoms with Gasteiger partial charge in [0, 0.05) is 0 Å². The molecule has 0 N–H and O–H groups in total. The van der Waals surface area contributed by atoms with Gasteiger partial charge in [0.15, 0.2) is 0 Å². The van der Waals surface area contributed by atoms with Crippen LogP contribution in [0.3, 0.4) is 0 Å². The molecule has 0 aliphatic heterocycles. The maximum Gasteiger partial charge on any atom is 0.269 e. The first kappa shape index (κ1) is 18.5. The summed E-state index contributed by atoms with van der Waals surface area (Å²) in [6.07, 6.45) is 9.14. The van der Waals surface area contributed by atoms with Crippen LogP contribution in [0.25, 0.3) is 0 Å². The summed E-state index contributed by atoms with van der Waals surface area (Å²) in [5, 5.41) is 0. The third-order valence-corrected chi connectivity index (χ3v) is 6.25. The lowest BCUT2D eigenvalue weighted by Gasteiger charge is -2.31. The van der Waals surface area contributed by atoms with E-state index >= 15 is 0 Å². The van der Waals surface area contributed by atoms with Gasteiger partial charge in [-0.15, -0.1) is 0 Å². The Morgan fingerprint density at radius 1 is 1.00 bits per heavy atom. The predicted octanol–water partition coefficient (Wildman–Crippen LogP) is 7.71. The summed E-state index contributed by atoms with van der Waals surface area (Å²) in [7, 11) is 0. The Morgan fingerprint density at radius 3 is 2.32 bits per heavy atom. The van der Waals surface area contributed by atoms with Crippen LogP contribution in [0.2, 0.25) is 0 Å². The first-order valence-electron chi connectivity index (χ1n) is 9.90. The standard InChI is InChI=1S/C22H29F3/c1-2-3-4-5-15-6-8-16(9-7-15)17-10-11-20(21(23)14-17)18-12-19(13-18)22(24)25/h10-11,14-16,18H,2-9,12-13H2,1H3/t15-,16-. The number of allylic oxidation sites excluding steroid dienone is 1. The van der Waals surface area contributed by atoms with E-state index in [0.717, 1.165) is 24.3 Å². The predicted molar refractivity (Wildman–Crippen MR) is 96.5 cm³/mol. The maximum absolute atomic E-state index is 14.5. The van der Waals surface area contributed by atoms with E-state index in [9.17, 15) is 13.2 Å². The van der Waals surface area contributed by atoms with Crippen LogP contribution < -0.4 is 0 Å². The van der Waals surface area contributed by atoms with Crippen molar-refractivity contribution >= 4 is 0 Å². The molecule has 0 atom stereocenters. The fraction of sp³-hybridized carbons (Fsp3) is 0.636. The monoisotopic (exact) mass is 350 g/mol. The molecule has 1 aromatic rings. The zero-order chi connectivity index (χ0) is 17.8. The smallest absolute Gasteiger partial charge is 0.207 e. The molecule has 0 unspecified atom stereocenters. The van der Waals surface area contributed by atoms with Gasteiger partial charge >= 0.3 is 0 Å². The van der Waals surface area contributed by atoms with Crippen LogP contribution in [0.5, 0.6) is 0 Å². The van der Waals surface area contributed by atoms with Crippen molar-refractivity contribution in [1.82, 2.24) is 0 Å². The van der Waals surface area contributed by atoms with Crippen molar-refractivity contribution in [3.63, 3.8) is 0 Å². The Labute approximate surface area is 149 Å². The summed E-state index contributed by atoms with van der Waals surface area (Å²) in [5.74, 6) is 1.04. The van der Waals surface area contributed by atoms with E-state index in [2.05, 4.69) is 6.92 Å². The van der Waals surface area contributed by atoms with E-state index in [0.29, 0.717) is 24.3 Å². The third kappa shape index (κ3) is 4.48. The Hall–Kier alpha value is -1.25. The molecule has 138 valence electrons. The van der Waals surface area contributed by atoms with Gasteiger partial charge in [-0.3, -0.25) is 0 Å². The topological polar surface area (TPSA) is 0 Å². The summed E-state index contributed by atoms with van der Waals surface area (Å²) in [6.45, 7) is 2.24. The Morgan fingerprint density at radius 2 is 1.72 bits per heavy atom. The molecule has 25 heavy (non-hydrogen) atoms. The van der Waals surface area contributed by atoms with Crippen LogP contribution in [0.15, 0.2) is 29.9 Å². The van der Waals surface area contributed by atoms with Gasteiger partial charge in [-0.1, -0.05) is 44.7 Å². The summed E-state index contributed by atoms with van der Waals surface area (Å²) in [4.78, 5) is 0. The van der Waals surface area contributed by atoms with Crippen molar-refractivity contribution in [3.8, 4) is 0 Å². The molecule has 2 aliphatic rings. The highest BCUT2D eigenvalue weighted by Gasteiger charge is 2.31. The lowest BCUT2D eigenvalue weighted by molar-refractivity contribution is 0.302. The highest BCUT2D eigenvalue weighted by atomic mass is 19.3. The minimum atomic E-state index is -1.58. The fourth-order valence-corrected chi connectivity index (χ4v) is 4.51. The molecule has 3 heteroatoms. The third-order valence-electron chi connectivity index (χ3n) is 6.25. The maximum atomic E-state index is 14.5. The average molecular weight is 350 g/mol. The zero-order valence-corrected chi connectivity index (χ0v) is 15.2. The van der Waals surface area contributed by atoms with Crippen LogP contribution in [0, 0.1) is 11.7 Å². The molecular formula is C22H29F3. The van der Waals surface area contributed by atoms with Crippen LogP contribution in [-0.4, -0.2) is 0 Å². The molecular weight excluding hydrogens is 321 g/mol. The molecule has 0 saturated heterocycles. The second-order valence-corrected chi connectivity index (χ2v) is 7.96. The normalized spacial score (nSPS) is 26.4. The largest absolute Gasteiger partial charge is 0.269 e. The Bertz CT molecular complexity index is 600. The van der Waals surface area contributed by atoms with Gasteiger partial charge in [-0.05, 0) is 79.0 Å². The lowest BCUT2D eigenvalue weighted by Crippen LogP contribution is -2.16. The molecule has 2 saturated carbocycles. The molecule has 2 fully saturated rings.